The summed E-state index contributed by atoms with van der Waals surface area (Å²) in [4.78, 5) is 0. The van der Waals surface area contributed by atoms with Crippen molar-refractivity contribution in [3.8, 4) is 0 Å². The molecule has 1 aliphatic heterocycles. The minimum absolute atomic E-state index is 0.0177. The van der Waals surface area contributed by atoms with E-state index >= 15 is 0 Å². The predicted octanol–water partition coefficient (Wildman–Crippen LogP) is 2.93. The highest BCUT2D eigenvalue weighted by Gasteiger charge is 2.35. The maximum Gasteiger partial charge on any atom is 0.157 e. The zero-order valence-electron chi connectivity index (χ0n) is 11.9. The first-order chi connectivity index (χ1) is 7.97. The predicted molar refractivity (Wildman–Crippen MR) is 70.8 cm³/mol. The Hall–Kier alpha value is -0.120. The maximum atomic E-state index is 5.94. The van der Waals surface area contributed by atoms with Gasteiger partial charge in [-0.25, -0.2) is 0 Å². The lowest BCUT2D eigenvalue weighted by atomic mass is 9.74. The molecule has 0 saturated carbocycles. The van der Waals surface area contributed by atoms with Crippen molar-refractivity contribution < 1.29 is 9.47 Å². The Labute approximate surface area is 106 Å². The molecule has 3 nitrogen and oxygen atoms in total. The van der Waals surface area contributed by atoms with Gasteiger partial charge >= 0.3 is 0 Å². The van der Waals surface area contributed by atoms with Gasteiger partial charge in [-0.2, -0.15) is 0 Å². The van der Waals surface area contributed by atoms with Gasteiger partial charge in [-0.1, -0.05) is 20.8 Å². The zero-order chi connectivity index (χ0) is 12.9. The van der Waals surface area contributed by atoms with Gasteiger partial charge < -0.3 is 15.2 Å². The molecule has 0 aromatic rings. The fourth-order valence-electron chi connectivity index (χ4n) is 2.53. The molecular formula is C14H29NO2. The fraction of sp³-hybridized carbons (Fsp3) is 1.00. The Kier molecular flexibility index (Phi) is 5.90. The van der Waals surface area contributed by atoms with E-state index in [1.165, 1.54) is 0 Å². The van der Waals surface area contributed by atoms with Crippen molar-refractivity contribution in [2.24, 2.45) is 17.1 Å². The molecule has 0 spiro atoms. The molecule has 17 heavy (non-hydrogen) atoms. The van der Waals surface area contributed by atoms with Crippen LogP contribution in [0.5, 0.6) is 0 Å². The summed E-state index contributed by atoms with van der Waals surface area (Å²) in [6, 6.07) is 0. The average molecular weight is 243 g/mol. The van der Waals surface area contributed by atoms with Crippen LogP contribution >= 0.6 is 0 Å². The van der Waals surface area contributed by atoms with Crippen LogP contribution < -0.4 is 5.73 Å². The minimum atomic E-state index is -0.0177. The molecule has 3 heteroatoms. The Morgan fingerprint density at radius 1 is 1.24 bits per heavy atom. The van der Waals surface area contributed by atoms with Crippen molar-refractivity contribution in [3.05, 3.63) is 0 Å². The van der Waals surface area contributed by atoms with Crippen LogP contribution in [0.2, 0.25) is 0 Å². The number of hydrogen-bond donors (Lipinski definition) is 1. The van der Waals surface area contributed by atoms with Crippen molar-refractivity contribution in [1.29, 1.82) is 0 Å². The van der Waals surface area contributed by atoms with E-state index in [9.17, 15) is 0 Å². The van der Waals surface area contributed by atoms with E-state index in [4.69, 9.17) is 15.2 Å². The Bertz CT molecular complexity index is 213. The average Bonchev–Trinajstić information content (AvgIpc) is 2.28. The van der Waals surface area contributed by atoms with Crippen molar-refractivity contribution in [2.75, 3.05) is 13.7 Å². The minimum Gasteiger partial charge on any atom is -0.356 e. The lowest BCUT2D eigenvalue weighted by molar-refractivity contribution is -0.204. The number of unbranched alkanes of at least 4 members (excludes halogenated alkanes) is 1. The second-order valence-electron chi connectivity index (χ2n) is 6.24. The van der Waals surface area contributed by atoms with Crippen LogP contribution in [-0.4, -0.2) is 26.0 Å². The highest BCUT2D eigenvalue weighted by Crippen LogP contribution is 2.39. The monoisotopic (exact) mass is 243 g/mol. The van der Waals surface area contributed by atoms with Crippen molar-refractivity contribution in [1.82, 2.24) is 0 Å². The van der Waals surface area contributed by atoms with E-state index in [1.807, 2.05) is 0 Å². The molecular weight excluding hydrogens is 214 g/mol. The number of rotatable bonds is 5. The van der Waals surface area contributed by atoms with Crippen molar-refractivity contribution in [3.63, 3.8) is 0 Å². The normalized spacial score (nSPS) is 30.5. The summed E-state index contributed by atoms with van der Waals surface area (Å²) in [5.74, 6) is 0.684. The van der Waals surface area contributed by atoms with Gasteiger partial charge in [0.2, 0.25) is 0 Å². The van der Waals surface area contributed by atoms with Gasteiger partial charge in [0, 0.05) is 13.5 Å². The third-order valence-corrected chi connectivity index (χ3v) is 3.84. The molecule has 3 unspecified atom stereocenters. The lowest BCUT2D eigenvalue weighted by Gasteiger charge is -2.41. The van der Waals surface area contributed by atoms with Crippen LogP contribution in [0.3, 0.4) is 0 Å². The van der Waals surface area contributed by atoms with Crippen LogP contribution in [0.1, 0.15) is 52.9 Å². The molecule has 1 heterocycles. The lowest BCUT2D eigenvalue weighted by Crippen LogP contribution is -2.39. The van der Waals surface area contributed by atoms with E-state index < -0.39 is 0 Å². The second-order valence-corrected chi connectivity index (χ2v) is 6.24. The molecule has 0 aromatic heterocycles. The van der Waals surface area contributed by atoms with E-state index in [2.05, 4.69) is 20.8 Å². The molecule has 1 rings (SSSR count). The SMILES string of the molecule is COC1CC(C(C)(C)C)CC(CCCCN)O1. The van der Waals surface area contributed by atoms with Crippen LogP contribution in [0.15, 0.2) is 0 Å². The molecule has 0 aromatic carbocycles. The third-order valence-electron chi connectivity index (χ3n) is 3.84. The van der Waals surface area contributed by atoms with E-state index in [1.54, 1.807) is 7.11 Å². The first kappa shape index (κ1) is 14.9. The molecule has 2 N–H and O–H groups in total. The van der Waals surface area contributed by atoms with Crippen molar-refractivity contribution >= 4 is 0 Å². The Morgan fingerprint density at radius 3 is 2.47 bits per heavy atom. The van der Waals surface area contributed by atoms with E-state index in [-0.39, 0.29) is 6.29 Å². The summed E-state index contributed by atoms with van der Waals surface area (Å²) in [7, 11) is 1.74. The first-order valence-corrected chi connectivity index (χ1v) is 6.85. The number of ether oxygens (including phenoxy) is 2. The summed E-state index contributed by atoms with van der Waals surface area (Å²) >= 11 is 0. The van der Waals surface area contributed by atoms with Crippen LogP contribution in [0.25, 0.3) is 0 Å². The van der Waals surface area contributed by atoms with E-state index in [0.717, 1.165) is 38.6 Å². The Morgan fingerprint density at radius 2 is 1.94 bits per heavy atom. The van der Waals surface area contributed by atoms with E-state index in [0.29, 0.717) is 17.4 Å². The second kappa shape index (κ2) is 6.72. The quantitative estimate of drug-likeness (QED) is 0.755. The van der Waals surface area contributed by atoms with Gasteiger partial charge in [-0.3, -0.25) is 0 Å². The summed E-state index contributed by atoms with van der Waals surface area (Å²) in [6.45, 7) is 7.72. The summed E-state index contributed by atoms with van der Waals surface area (Å²) in [5.41, 5.74) is 5.87. The molecule has 0 bridgehead atoms. The summed E-state index contributed by atoms with van der Waals surface area (Å²) in [6.07, 6.45) is 5.89. The summed E-state index contributed by atoms with van der Waals surface area (Å²) in [5, 5.41) is 0. The smallest absolute Gasteiger partial charge is 0.157 e. The van der Waals surface area contributed by atoms with Gasteiger partial charge in [0.25, 0.3) is 0 Å². The fourth-order valence-corrected chi connectivity index (χ4v) is 2.53. The molecule has 1 fully saturated rings. The standard InChI is InChI=1S/C14H29NO2/c1-14(2,3)11-9-12(7-5-6-8-15)17-13(10-11)16-4/h11-13H,5-10,15H2,1-4H3. The van der Waals surface area contributed by atoms with Gasteiger partial charge in [0.15, 0.2) is 6.29 Å². The van der Waals surface area contributed by atoms with Gasteiger partial charge in [-0.05, 0) is 43.6 Å². The van der Waals surface area contributed by atoms with Gasteiger partial charge in [0.1, 0.15) is 0 Å². The van der Waals surface area contributed by atoms with Crippen LogP contribution in [0.4, 0.5) is 0 Å². The molecule has 0 amide bonds. The highest BCUT2D eigenvalue weighted by atomic mass is 16.7. The van der Waals surface area contributed by atoms with Crippen molar-refractivity contribution in [2.45, 2.75) is 65.3 Å². The molecule has 1 aliphatic rings. The topological polar surface area (TPSA) is 44.5 Å². The number of nitrogens with two attached hydrogens (primary N) is 1. The maximum absolute atomic E-state index is 5.94. The number of hydrogen-bond acceptors (Lipinski definition) is 3. The first-order valence-electron chi connectivity index (χ1n) is 6.85. The van der Waals surface area contributed by atoms with Gasteiger partial charge in [0.05, 0.1) is 6.10 Å². The molecule has 102 valence electrons. The molecule has 0 aliphatic carbocycles. The number of methoxy groups -OCH3 is 1. The molecule has 1 saturated heterocycles. The highest BCUT2D eigenvalue weighted by molar-refractivity contribution is 4.82. The van der Waals surface area contributed by atoms with Crippen LogP contribution in [-0.2, 0) is 9.47 Å². The zero-order valence-corrected chi connectivity index (χ0v) is 11.9. The molecule has 3 atom stereocenters. The Balaban J connectivity index is 2.48. The van der Waals surface area contributed by atoms with Gasteiger partial charge in [-0.15, -0.1) is 0 Å². The third kappa shape index (κ3) is 4.94. The van der Waals surface area contributed by atoms with Crippen LogP contribution in [0, 0.1) is 11.3 Å². The summed E-state index contributed by atoms with van der Waals surface area (Å²) < 4.78 is 11.4. The largest absolute Gasteiger partial charge is 0.356 e. The molecule has 0 radical (unpaired) electrons.